The Kier molecular flexibility index (Phi) is 5.72. The van der Waals surface area contributed by atoms with Crippen LogP contribution in [-0.2, 0) is 10.0 Å². The van der Waals surface area contributed by atoms with Crippen molar-refractivity contribution < 1.29 is 18.3 Å². The van der Waals surface area contributed by atoms with Crippen LogP contribution in [0, 0.1) is 6.92 Å². The van der Waals surface area contributed by atoms with Crippen LogP contribution in [0.4, 0.5) is 0 Å². The van der Waals surface area contributed by atoms with Crippen molar-refractivity contribution in [2.24, 2.45) is 0 Å². The number of halogens is 1. The van der Waals surface area contributed by atoms with Crippen LogP contribution < -0.4 is 0 Å². The van der Waals surface area contributed by atoms with Crippen LogP contribution in [-0.4, -0.2) is 36.9 Å². The first-order chi connectivity index (χ1) is 9.61. The second-order valence-electron chi connectivity index (χ2n) is 4.77. The van der Waals surface area contributed by atoms with Crippen molar-refractivity contribution in [1.29, 1.82) is 0 Å². The number of aromatic carboxylic acids is 1. The van der Waals surface area contributed by atoms with E-state index in [1.807, 2.05) is 0 Å². The number of carboxylic acid groups (broad SMARTS) is 1. The Bertz CT molecular complexity index is 682. The summed E-state index contributed by atoms with van der Waals surface area (Å²) in [6.07, 6.45) is 0. The number of sulfonamides is 1. The van der Waals surface area contributed by atoms with Gasteiger partial charge in [0.1, 0.15) is 0 Å². The lowest BCUT2D eigenvalue weighted by Crippen LogP contribution is -2.32. The molecule has 0 unspecified atom stereocenters. The van der Waals surface area contributed by atoms with Gasteiger partial charge in [-0.1, -0.05) is 35.0 Å². The van der Waals surface area contributed by atoms with E-state index in [9.17, 15) is 18.3 Å². The first kappa shape index (κ1) is 17.9. The highest BCUT2D eigenvalue weighted by molar-refractivity contribution is 9.10. The lowest BCUT2D eigenvalue weighted by Gasteiger charge is -2.21. The van der Waals surface area contributed by atoms with Gasteiger partial charge in [-0.05, 0) is 31.5 Å². The van der Waals surface area contributed by atoms with Gasteiger partial charge in [0, 0.05) is 17.6 Å². The monoisotopic (exact) mass is 375 g/mol. The molecule has 1 rings (SSSR count). The minimum Gasteiger partial charge on any atom is -0.478 e. The highest BCUT2D eigenvalue weighted by Gasteiger charge is 2.25. The Labute approximate surface area is 133 Å². The van der Waals surface area contributed by atoms with Gasteiger partial charge in [0.05, 0.1) is 10.5 Å². The van der Waals surface area contributed by atoms with Crippen LogP contribution >= 0.6 is 15.9 Å². The van der Waals surface area contributed by atoms with Gasteiger partial charge in [-0.15, -0.1) is 0 Å². The zero-order valence-electron chi connectivity index (χ0n) is 12.2. The van der Waals surface area contributed by atoms with E-state index in [1.54, 1.807) is 20.8 Å². The minimum atomic E-state index is -3.76. The van der Waals surface area contributed by atoms with Gasteiger partial charge in [-0.3, -0.25) is 0 Å². The third kappa shape index (κ3) is 3.93. The standard InChI is InChI=1S/C14H18BrNO4S/c1-5-16(8-9(2)3)21(19,20)11-6-12(14(17)18)10(4)13(15)7-11/h6-7H,2,5,8H2,1,3-4H3,(H,17,18). The number of hydrogen-bond acceptors (Lipinski definition) is 3. The number of nitrogens with zero attached hydrogens (tertiary/aromatic N) is 1. The molecule has 21 heavy (non-hydrogen) atoms. The number of rotatable bonds is 6. The second kappa shape index (κ2) is 6.72. The van der Waals surface area contributed by atoms with Gasteiger partial charge in [0.2, 0.25) is 10.0 Å². The topological polar surface area (TPSA) is 74.7 Å². The number of likely N-dealkylation sites (N-methyl/N-ethyl adjacent to an activating group) is 1. The number of carboxylic acids is 1. The smallest absolute Gasteiger partial charge is 0.336 e. The van der Waals surface area contributed by atoms with E-state index >= 15 is 0 Å². The largest absolute Gasteiger partial charge is 0.478 e. The molecule has 0 radical (unpaired) electrons. The molecule has 0 atom stereocenters. The van der Waals surface area contributed by atoms with Gasteiger partial charge in [0.15, 0.2) is 0 Å². The number of benzene rings is 1. The summed E-state index contributed by atoms with van der Waals surface area (Å²) in [4.78, 5) is 11.2. The number of hydrogen-bond donors (Lipinski definition) is 1. The molecule has 0 aromatic heterocycles. The summed E-state index contributed by atoms with van der Waals surface area (Å²) >= 11 is 3.22. The zero-order chi connectivity index (χ0) is 16.4. The van der Waals surface area contributed by atoms with Crippen LogP contribution in [0.15, 0.2) is 33.7 Å². The Morgan fingerprint density at radius 1 is 1.43 bits per heavy atom. The highest BCUT2D eigenvalue weighted by Crippen LogP contribution is 2.27. The molecule has 0 saturated heterocycles. The molecule has 0 spiro atoms. The van der Waals surface area contributed by atoms with E-state index in [1.165, 1.54) is 16.4 Å². The molecule has 1 N–H and O–H groups in total. The summed E-state index contributed by atoms with van der Waals surface area (Å²) in [6, 6.07) is 2.62. The third-order valence-electron chi connectivity index (χ3n) is 2.98. The van der Waals surface area contributed by atoms with Crippen molar-refractivity contribution >= 4 is 31.9 Å². The number of carbonyl (C=O) groups is 1. The van der Waals surface area contributed by atoms with Gasteiger partial charge in [0.25, 0.3) is 0 Å². The molecule has 7 heteroatoms. The van der Waals surface area contributed by atoms with E-state index in [0.717, 1.165) is 0 Å². The van der Waals surface area contributed by atoms with E-state index in [0.29, 0.717) is 15.6 Å². The van der Waals surface area contributed by atoms with E-state index < -0.39 is 16.0 Å². The van der Waals surface area contributed by atoms with Crippen LogP contribution in [0.2, 0.25) is 0 Å². The molecule has 0 amide bonds. The van der Waals surface area contributed by atoms with Crippen molar-refractivity contribution in [1.82, 2.24) is 4.31 Å². The molecular weight excluding hydrogens is 358 g/mol. The molecule has 116 valence electrons. The van der Waals surface area contributed by atoms with Crippen molar-refractivity contribution in [3.8, 4) is 0 Å². The van der Waals surface area contributed by atoms with Gasteiger partial charge < -0.3 is 5.11 Å². The van der Waals surface area contributed by atoms with Gasteiger partial charge in [-0.2, -0.15) is 4.31 Å². The van der Waals surface area contributed by atoms with Gasteiger partial charge >= 0.3 is 5.97 Å². The van der Waals surface area contributed by atoms with E-state index in [2.05, 4.69) is 22.5 Å². The van der Waals surface area contributed by atoms with Crippen molar-refractivity contribution in [2.75, 3.05) is 13.1 Å². The molecule has 1 aromatic carbocycles. The molecular formula is C14H18BrNO4S. The summed E-state index contributed by atoms with van der Waals surface area (Å²) in [6.45, 7) is 9.29. The second-order valence-corrected chi connectivity index (χ2v) is 7.56. The molecule has 5 nitrogen and oxygen atoms in total. The van der Waals surface area contributed by atoms with Crippen molar-refractivity contribution in [3.05, 3.63) is 39.9 Å². The van der Waals surface area contributed by atoms with E-state index in [-0.39, 0.29) is 23.5 Å². The predicted molar refractivity (Wildman–Crippen MR) is 85.1 cm³/mol. The first-order valence-corrected chi connectivity index (χ1v) is 8.52. The molecule has 0 aliphatic heterocycles. The van der Waals surface area contributed by atoms with Crippen LogP contribution in [0.25, 0.3) is 0 Å². The molecule has 0 aliphatic rings. The van der Waals surface area contributed by atoms with Crippen molar-refractivity contribution in [2.45, 2.75) is 25.7 Å². The fourth-order valence-corrected chi connectivity index (χ4v) is 4.02. The normalized spacial score (nSPS) is 11.7. The average Bonchev–Trinajstić information content (AvgIpc) is 2.37. The van der Waals surface area contributed by atoms with E-state index in [4.69, 9.17) is 0 Å². The maximum atomic E-state index is 12.6. The lowest BCUT2D eigenvalue weighted by molar-refractivity contribution is 0.0695. The van der Waals surface area contributed by atoms with Crippen LogP contribution in [0.1, 0.15) is 29.8 Å². The molecule has 0 aliphatic carbocycles. The Morgan fingerprint density at radius 2 is 2.00 bits per heavy atom. The predicted octanol–water partition coefficient (Wildman–Crippen LogP) is 3.04. The Hall–Kier alpha value is -1.18. The summed E-state index contributed by atoms with van der Waals surface area (Å²) in [5.74, 6) is -1.16. The highest BCUT2D eigenvalue weighted by atomic mass is 79.9. The maximum absolute atomic E-state index is 12.6. The quantitative estimate of drug-likeness (QED) is 0.775. The first-order valence-electron chi connectivity index (χ1n) is 6.29. The maximum Gasteiger partial charge on any atom is 0.336 e. The summed E-state index contributed by atoms with van der Waals surface area (Å²) in [5.41, 5.74) is 1.17. The molecule has 0 saturated carbocycles. The Balaban J connectivity index is 3.44. The molecule has 0 heterocycles. The zero-order valence-corrected chi connectivity index (χ0v) is 14.6. The molecule has 0 bridgehead atoms. The fourth-order valence-electron chi connectivity index (χ4n) is 1.84. The Morgan fingerprint density at radius 3 is 2.43 bits per heavy atom. The molecule has 0 fully saturated rings. The third-order valence-corrected chi connectivity index (χ3v) is 5.71. The summed E-state index contributed by atoms with van der Waals surface area (Å²) < 4.78 is 26.9. The lowest BCUT2D eigenvalue weighted by atomic mass is 10.1. The summed E-state index contributed by atoms with van der Waals surface area (Å²) in [5, 5.41) is 9.18. The fraction of sp³-hybridized carbons (Fsp3) is 0.357. The molecule has 1 aromatic rings. The van der Waals surface area contributed by atoms with Gasteiger partial charge in [-0.25, -0.2) is 13.2 Å². The summed E-state index contributed by atoms with van der Waals surface area (Å²) in [7, 11) is -3.76. The SMILES string of the molecule is C=C(C)CN(CC)S(=O)(=O)c1cc(Br)c(C)c(C(=O)O)c1. The average molecular weight is 376 g/mol. The van der Waals surface area contributed by atoms with Crippen LogP contribution in [0.3, 0.4) is 0 Å². The minimum absolute atomic E-state index is 0.0330. The van der Waals surface area contributed by atoms with Crippen LogP contribution in [0.5, 0.6) is 0 Å². The van der Waals surface area contributed by atoms with Crippen molar-refractivity contribution in [3.63, 3.8) is 0 Å².